The third kappa shape index (κ3) is 3.04. The van der Waals surface area contributed by atoms with Crippen LogP contribution >= 0.6 is 0 Å². The van der Waals surface area contributed by atoms with Crippen LogP contribution in [-0.2, 0) is 9.47 Å². The topological polar surface area (TPSA) is 59.0 Å². The maximum atomic E-state index is 13.0. The van der Waals surface area contributed by atoms with Crippen molar-refractivity contribution in [2.45, 2.75) is 43.9 Å². The van der Waals surface area contributed by atoms with Crippen LogP contribution in [0.2, 0.25) is 0 Å². The van der Waals surface area contributed by atoms with Gasteiger partial charge in [0.05, 0.1) is 18.8 Å². The van der Waals surface area contributed by atoms with Crippen molar-refractivity contribution in [1.82, 2.24) is 4.90 Å². The second kappa shape index (κ2) is 7.47. The smallest absolute Gasteiger partial charge is 0.410 e. The molecule has 2 heterocycles. The highest BCUT2D eigenvalue weighted by Crippen LogP contribution is 2.44. The van der Waals surface area contributed by atoms with Gasteiger partial charge in [0.25, 0.3) is 0 Å². The van der Waals surface area contributed by atoms with Gasteiger partial charge in [0.1, 0.15) is 12.7 Å². The summed E-state index contributed by atoms with van der Waals surface area (Å²) in [5, 5.41) is 10.4. The number of hydrogen-bond acceptors (Lipinski definition) is 4. The predicted octanol–water partition coefficient (Wildman–Crippen LogP) is 3.80. The molecule has 2 aliphatic heterocycles. The fourth-order valence-electron chi connectivity index (χ4n) is 5.40. The number of nitrogens with zero attached hydrogens (tertiary/aromatic N) is 1. The van der Waals surface area contributed by atoms with Crippen LogP contribution in [0.3, 0.4) is 0 Å². The lowest BCUT2D eigenvalue weighted by Crippen LogP contribution is -2.44. The lowest BCUT2D eigenvalue weighted by molar-refractivity contribution is 0.0546. The maximum absolute atomic E-state index is 13.0. The van der Waals surface area contributed by atoms with E-state index >= 15 is 0 Å². The third-order valence-electron chi connectivity index (χ3n) is 6.68. The lowest BCUT2D eigenvalue weighted by atomic mass is 9.97. The van der Waals surface area contributed by atoms with Crippen LogP contribution in [0.15, 0.2) is 48.5 Å². The molecule has 0 aromatic heterocycles. The lowest BCUT2D eigenvalue weighted by Gasteiger charge is -2.25. The van der Waals surface area contributed by atoms with Crippen molar-refractivity contribution >= 4 is 6.09 Å². The molecular formula is C24H27NO4. The van der Waals surface area contributed by atoms with Gasteiger partial charge < -0.3 is 14.6 Å². The standard InChI is InChI=1S/C24H27NO4/c1-2-7-15-12-25(22-21(26)14-28-23(15)22)24(27)29-13-20-18-10-5-3-8-16(18)17-9-4-6-11-19(17)20/h3-6,8-11,15,20-23,26H,2,7,12-14H2,1H3. The Balaban J connectivity index is 1.33. The molecule has 0 spiro atoms. The van der Waals surface area contributed by atoms with Crippen molar-refractivity contribution in [2.75, 3.05) is 19.8 Å². The van der Waals surface area contributed by atoms with Gasteiger partial charge >= 0.3 is 6.09 Å². The Morgan fingerprint density at radius 3 is 2.45 bits per heavy atom. The predicted molar refractivity (Wildman–Crippen MR) is 110 cm³/mol. The summed E-state index contributed by atoms with van der Waals surface area (Å²) in [4.78, 5) is 14.7. The largest absolute Gasteiger partial charge is 0.448 e. The highest BCUT2D eigenvalue weighted by molar-refractivity contribution is 5.79. The SMILES string of the molecule is CCCC1CN(C(=O)OCC2c3ccccc3-c3ccccc32)C2C(O)COC12. The molecule has 152 valence electrons. The number of likely N-dealkylation sites (tertiary alicyclic amines) is 1. The summed E-state index contributed by atoms with van der Waals surface area (Å²) < 4.78 is 11.6. The highest BCUT2D eigenvalue weighted by atomic mass is 16.6. The summed E-state index contributed by atoms with van der Waals surface area (Å²) >= 11 is 0. The molecule has 0 saturated carbocycles. The summed E-state index contributed by atoms with van der Waals surface area (Å²) in [6, 6.07) is 16.4. The van der Waals surface area contributed by atoms with Crippen LogP contribution < -0.4 is 0 Å². The zero-order valence-electron chi connectivity index (χ0n) is 16.7. The molecule has 0 bridgehead atoms. The van der Waals surface area contributed by atoms with Crippen LogP contribution in [0.4, 0.5) is 4.79 Å². The van der Waals surface area contributed by atoms with Crippen LogP contribution in [0.1, 0.15) is 36.8 Å². The Kier molecular flexibility index (Phi) is 4.80. The van der Waals surface area contributed by atoms with Gasteiger partial charge in [-0.2, -0.15) is 0 Å². The minimum absolute atomic E-state index is 0.0425. The Labute approximate surface area is 171 Å². The van der Waals surface area contributed by atoms with E-state index in [1.807, 2.05) is 24.3 Å². The number of aliphatic hydroxyl groups is 1. The monoisotopic (exact) mass is 393 g/mol. The van der Waals surface area contributed by atoms with Gasteiger partial charge in [-0.3, -0.25) is 4.90 Å². The van der Waals surface area contributed by atoms with E-state index in [1.54, 1.807) is 4.90 Å². The summed E-state index contributed by atoms with van der Waals surface area (Å²) in [5.41, 5.74) is 4.84. The zero-order chi connectivity index (χ0) is 20.0. The average molecular weight is 393 g/mol. The zero-order valence-corrected chi connectivity index (χ0v) is 16.7. The van der Waals surface area contributed by atoms with Crippen molar-refractivity contribution < 1.29 is 19.4 Å². The molecule has 5 nitrogen and oxygen atoms in total. The van der Waals surface area contributed by atoms with E-state index in [2.05, 4.69) is 31.2 Å². The molecule has 2 fully saturated rings. The second-order valence-electron chi connectivity index (χ2n) is 8.36. The molecule has 1 N–H and O–H groups in total. The summed E-state index contributed by atoms with van der Waals surface area (Å²) in [7, 11) is 0. The summed E-state index contributed by atoms with van der Waals surface area (Å²) in [5.74, 6) is 0.309. The van der Waals surface area contributed by atoms with E-state index in [0.717, 1.165) is 12.8 Å². The summed E-state index contributed by atoms with van der Waals surface area (Å²) in [6.45, 7) is 3.33. The third-order valence-corrected chi connectivity index (χ3v) is 6.68. The van der Waals surface area contributed by atoms with E-state index in [0.29, 0.717) is 19.8 Å². The van der Waals surface area contributed by atoms with Crippen molar-refractivity contribution in [3.63, 3.8) is 0 Å². The number of amides is 1. The molecule has 0 radical (unpaired) electrons. The quantitative estimate of drug-likeness (QED) is 0.859. The Morgan fingerprint density at radius 2 is 1.79 bits per heavy atom. The molecule has 1 amide bonds. The van der Waals surface area contributed by atoms with E-state index in [1.165, 1.54) is 22.3 Å². The molecule has 2 saturated heterocycles. The molecule has 5 rings (SSSR count). The number of aliphatic hydroxyl groups excluding tert-OH is 1. The molecule has 2 aromatic rings. The number of rotatable bonds is 4. The molecule has 1 aliphatic carbocycles. The fraction of sp³-hybridized carbons (Fsp3) is 0.458. The van der Waals surface area contributed by atoms with Crippen LogP contribution in [0.25, 0.3) is 11.1 Å². The Hall–Kier alpha value is -2.37. The van der Waals surface area contributed by atoms with Gasteiger partial charge in [-0.15, -0.1) is 0 Å². The van der Waals surface area contributed by atoms with E-state index in [-0.39, 0.29) is 30.1 Å². The molecular weight excluding hydrogens is 366 g/mol. The van der Waals surface area contributed by atoms with Crippen molar-refractivity contribution in [3.05, 3.63) is 59.7 Å². The fourth-order valence-corrected chi connectivity index (χ4v) is 5.40. The van der Waals surface area contributed by atoms with Gasteiger partial charge in [-0.25, -0.2) is 4.79 Å². The number of carbonyl (C=O) groups is 1. The van der Waals surface area contributed by atoms with Crippen LogP contribution in [0.5, 0.6) is 0 Å². The molecule has 4 unspecified atom stereocenters. The highest BCUT2D eigenvalue weighted by Gasteiger charge is 2.52. The van der Waals surface area contributed by atoms with Crippen LogP contribution in [-0.4, -0.2) is 54.1 Å². The molecule has 5 heteroatoms. The Bertz CT molecular complexity index is 868. The van der Waals surface area contributed by atoms with Crippen molar-refractivity contribution in [2.24, 2.45) is 5.92 Å². The summed E-state index contributed by atoms with van der Waals surface area (Å²) in [6.07, 6.45) is 0.963. The van der Waals surface area contributed by atoms with E-state index in [9.17, 15) is 9.90 Å². The number of benzene rings is 2. The van der Waals surface area contributed by atoms with Crippen molar-refractivity contribution in [1.29, 1.82) is 0 Å². The number of carbonyl (C=O) groups excluding carboxylic acids is 1. The van der Waals surface area contributed by atoms with Gasteiger partial charge in [-0.1, -0.05) is 61.9 Å². The number of ether oxygens (including phenoxy) is 2. The van der Waals surface area contributed by atoms with Gasteiger partial charge in [0.15, 0.2) is 0 Å². The van der Waals surface area contributed by atoms with Crippen LogP contribution in [0, 0.1) is 5.92 Å². The molecule has 3 aliphatic rings. The first kappa shape index (κ1) is 18.6. The first-order valence-electron chi connectivity index (χ1n) is 10.6. The van der Waals surface area contributed by atoms with Gasteiger partial charge in [0, 0.05) is 18.4 Å². The molecule has 29 heavy (non-hydrogen) atoms. The Morgan fingerprint density at radius 1 is 1.14 bits per heavy atom. The first-order valence-corrected chi connectivity index (χ1v) is 10.6. The average Bonchev–Trinajstić information content (AvgIpc) is 3.39. The van der Waals surface area contributed by atoms with E-state index in [4.69, 9.17) is 9.47 Å². The minimum atomic E-state index is -0.637. The normalized spacial score (nSPS) is 27.6. The first-order chi connectivity index (χ1) is 14.2. The minimum Gasteiger partial charge on any atom is -0.448 e. The number of hydrogen-bond donors (Lipinski definition) is 1. The van der Waals surface area contributed by atoms with Crippen molar-refractivity contribution in [3.8, 4) is 11.1 Å². The van der Waals surface area contributed by atoms with Gasteiger partial charge in [0.2, 0.25) is 0 Å². The number of fused-ring (bicyclic) bond motifs is 4. The molecule has 2 aromatic carbocycles. The van der Waals surface area contributed by atoms with Gasteiger partial charge in [-0.05, 0) is 28.7 Å². The second-order valence-corrected chi connectivity index (χ2v) is 8.36. The molecule has 4 atom stereocenters. The maximum Gasteiger partial charge on any atom is 0.410 e. The van der Waals surface area contributed by atoms with E-state index < -0.39 is 6.10 Å².